The number of amides is 2. The summed E-state index contributed by atoms with van der Waals surface area (Å²) < 4.78 is 19.6. The molecule has 9 heteroatoms. The third kappa shape index (κ3) is 4.65. The predicted octanol–water partition coefficient (Wildman–Crippen LogP) is 4.12. The van der Waals surface area contributed by atoms with Gasteiger partial charge in [-0.25, -0.2) is 4.39 Å². The highest BCUT2D eigenvalue weighted by molar-refractivity contribution is 6.05. The Morgan fingerprint density at radius 3 is 2.52 bits per heavy atom. The number of hydrogen-bond donors (Lipinski definition) is 2. The fourth-order valence-corrected chi connectivity index (χ4v) is 3.88. The number of nitrogens with one attached hydrogen (secondary N) is 2. The lowest BCUT2D eigenvalue weighted by atomic mass is 9.80. The molecule has 0 heterocycles. The Morgan fingerprint density at radius 1 is 1.16 bits per heavy atom. The summed E-state index contributed by atoms with van der Waals surface area (Å²) in [6.45, 7) is 1.87. The molecule has 1 aliphatic carbocycles. The van der Waals surface area contributed by atoms with Crippen LogP contribution in [0, 0.1) is 22.9 Å². The molecule has 2 amide bonds. The van der Waals surface area contributed by atoms with Gasteiger partial charge in [0.2, 0.25) is 5.91 Å². The highest BCUT2D eigenvalue weighted by atomic mass is 19.1. The highest BCUT2D eigenvalue weighted by Crippen LogP contribution is 2.32. The fourth-order valence-electron chi connectivity index (χ4n) is 3.88. The number of nitro groups is 1. The van der Waals surface area contributed by atoms with Crippen LogP contribution in [0.5, 0.6) is 5.75 Å². The van der Waals surface area contributed by atoms with E-state index in [9.17, 15) is 24.1 Å². The molecule has 1 fully saturated rings. The molecular weight excluding hydrogens is 405 g/mol. The summed E-state index contributed by atoms with van der Waals surface area (Å²) in [5.74, 6) is -1.85. The van der Waals surface area contributed by atoms with Crippen LogP contribution in [0.4, 0.5) is 15.8 Å². The van der Waals surface area contributed by atoms with Crippen LogP contribution in [0.15, 0.2) is 36.4 Å². The van der Waals surface area contributed by atoms with Crippen molar-refractivity contribution in [3.8, 4) is 5.75 Å². The molecule has 0 bridgehead atoms. The van der Waals surface area contributed by atoms with E-state index in [1.807, 2.05) is 6.92 Å². The maximum atomic E-state index is 14.3. The summed E-state index contributed by atoms with van der Waals surface area (Å²) in [6, 6.07) is 8.39. The Morgan fingerprint density at radius 2 is 1.87 bits per heavy atom. The average molecular weight is 429 g/mol. The lowest BCUT2D eigenvalue weighted by Gasteiger charge is -2.36. The van der Waals surface area contributed by atoms with Gasteiger partial charge >= 0.3 is 0 Å². The first-order chi connectivity index (χ1) is 14.8. The molecule has 2 aromatic rings. The number of benzene rings is 2. The Balaban J connectivity index is 1.90. The molecule has 31 heavy (non-hydrogen) atoms. The Hall–Kier alpha value is -3.49. The number of methoxy groups -OCH3 is 1. The topological polar surface area (TPSA) is 111 Å². The van der Waals surface area contributed by atoms with E-state index in [2.05, 4.69) is 10.6 Å². The number of carbonyl (C=O) groups excluding carboxylic acids is 2. The van der Waals surface area contributed by atoms with Crippen molar-refractivity contribution in [3.05, 3.63) is 63.5 Å². The molecule has 1 saturated carbocycles. The van der Waals surface area contributed by atoms with E-state index in [0.717, 1.165) is 30.2 Å². The van der Waals surface area contributed by atoms with Gasteiger partial charge in [-0.1, -0.05) is 31.4 Å². The third-order valence-corrected chi connectivity index (χ3v) is 5.58. The SMILES string of the molecule is COc1cc(NC(=O)C2(NC(=O)c3c(F)cccc3[N+](=O)[O-])CCCCC2)ccc1C. The maximum Gasteiger partial charge on any atom is 0.285 e. The molecule has 3 rings (SSSR count). The number of halogens is 1. The zero-order valence-electron chi connectivity index (χ0n) is 17.4. The Bertz CT molecular complexity index is 1020. The van der Waals surface area contributed by atoms with E-state index in [1.165, 1.54) is 7.11 Å². The summed E-state index contributed by atoms with van der Waals surface area (Å²) in [6.07, 6.45) is 2.95. The Kier molecular flexibility index (Phi) is 6.53. The lowest BCUT2D eigenvalue weighted by Crippen LogP contribution is -2.58. The first-order valence-electron chi connectivity index (χ1n) is 9.99. The number of ether oxygens (including phenoxy) is 1. The molecule has 8 nitrogen and oxygen atoms in total. The van der Waals surface area contributed by atoms with Crippen LogP contribution in [0.2, 0.25) is 0 Å². The van der Waals surface area contributed by atoms with E-state index in [0.29, 0.717) is 37.1 Å². The fraction of sp³-hybridized carbons (Fsp3) is 0.364. The molecule has 164 valence electrons. The minimum Gasteiger partial charge on any atom is -0.496 e. The molecule has 2 N–H and O–H groups in total. The van der Waals surface area contributed by atoms with Crippen molar-refractivity contribution in [2.24, 2.45) is 0 Å². The largest absolute Gasteiger partial charge is 0.496 e. The summed E-state index contributed by atoms with van der Waals surface area (Å²) in [4.78, 5) is 36.6. The average Bonchev–Trinajstić information content (AvgIpc) is 2.75. The van der Waals surface area contributed by atoms with Crippen LogP contribution < -0.4 is 15.4 Å². The van der Waals surface area contributed by atoms with Crippen LogP contribution in [0.25, 0.3) is 0 Å². The summed E-state index contributed by atoms with van der Waals surface area (Å²) >= 11 is 0. The number of nitrogens with zero attached hydrogens (tertiary/aromatic N) is 1. The molecule has 0 saturated heterocycles. The van der Waals surface area contributed by atoms with Crippen molar-refractivity contribution in [1.29, 1.82) is 0 Å². The van der Waals surface area contributed by atoms with Gasteiger partial charge in [-0.15, -0.1) is 0 Å². The summed E-state index contributed by atoms with van der Waals surface area (Å²) in [7, 11) is 1.53. The molecule has 0 atom stereocenters. The third-order valence-electron chi connectivity index (χ3n) is 5.58. The highest BCUT2D eigenvalue weighted by Gasteiger charge is 2.42. The van der Waals surface area contributed by atoms with E-state index >= 15 is 0 Å². The second-order valence-corrected chi connectivity index (χ2v) is 7.63. The van der Waals surface area contributed by atoms with Crippen molar-refractivity contribution in [1.82, 2.24) is 5.32 Å². The molecule has 0 spiro atoms. The zero-order chi connectivity index (χ0) is 22.6. The number of nitro benzene ring substituents is 1. The quantitative estimate of drug-likeness (QED) is 0.530. The number of hydrogen-bond acceptors (Lipinski definition) is 5. The van der Waals surface area contributed by atoms with Crippen molar-refractivity contribution in [2.45, 2.75) is 44.6 Å². The molecule has 0 aromatic heterocycles. The van der Waals surface area contributed by atoms with Crippen LogP contribution in [0.3, 0.4) is 0 Å². The standard InChI is InChI=1S/C22H24FN3O5/c1-14-9-10-15(13-18(14)31-2)24-21(28)22(11-4-3-5-12-22)25-20(27)19-16(23)7-6-8-17(19)26(29)30/h6-10,13H,3-5,11-12H2,1-2H3,(H,24,28)(H,25,27). The van der Waals surface area contributed by atoms with Crippen LogP contribution in [-0.4, -0.2) is 29.4 Å². The van der Waals surface area contributed by atoms with Gasteiger partial charge < -0.3 is 15.4 Å². The molecular formula is C22H24FN3O5. The van der Waals surface area contributed by atoms with Gasteiger partial charge in [-0.2, -0.15) is 0 Å². The van der Waals surface area contributed by atoms with Crippen molar-refractivity contribution >= 4 is 23.2 Å². The van der Waals surface area contributed by atoms with Gasteiger partial charge in [0.1, 0.15) is 17.1 Å². The van der Waals surface area contributed by atoms with E-state index in [-0.39, 0.29) is 0 Å². The molecule has 0 radical (unpaired) electrons. The number of carbonyl (C=O) groups is 2. The lowest BCUT2D eigenvalue weighted by molar-refractivity contribution is -0.385. The molecule has 1 aliphatic rings. The second-order valence-electron chi connectivity index (χ2n) is 7.63. The van der Waals surface area contributed by atoms with Crippen LogP contribution in [0.1, 0.15) is 48.0 Å². The van der Waals surface area contributed by atoms with Gasteiger partial charge in [0, 0.05) is 17.8 Å². The van der Waals surface area contributed by atoms with E-state index in [4.69, 9.17) is 4.74 Å². The maximum absolute atomic E-state index is 14.3. The zero-order valence-corrected chi connectivity index (χ0v) is 17.4. The van der Waals surface area contributed by atoms with E-state index < -0.39 is 39.3 Å². The van der Waals surface area contributed by atoms with Crippen LogP contribution >= 0.6 is 0 Å². The first-order valence-corrected chi connectivity index (χ1v) is 9.99. The van der Waals surface area contributed by atoms with Crippen molar-refractivity contribution < 1.29 is 23.6 Å². The van der Waals surface area contributed by atoms with Gasteiger partial charge in [0.25, 0.3) is 11.6 Å². The minimum atomic E-state index is -1.30. The van der Waals surface area contributed by atoms with Crippen molar-refractivity contribution in [2.75, 3.05) is 12.4 Å². The van der Waals surface area contributed by atoms with E-state index in [1.54, 1.807) is 18.2 Å². The molecule has 2 aromatic carbocycles. The summed E-state index contributed by atoms with van der Waals surface area (Å²) in [5, 5.41) is 16.7. The first kappa shape index (κ1) is 22.2. The predicted molar refractivity (Wildman–Crippen MR) is 113 cm³/mol. The van der Waals surface area contributed by atoms with Gasteiger partial charge in [0.15, 0.2) is 5.56 Å². The minimum absolute atomic E-state index is 0.343. The van der Waals surface area contributed by atoms with Crippen molar-refractivity contribution in [3.63, 3.8) is 0 Å². The Labute approximate surface area is 178 Å². The molecule has 0 unspecified atom stereocenters. The smallest absolute Gasteiger partial charge is 0.285 e. The normalized spacial score (nSPS) is 15.1. The van der Waals surface area contributed by atoms with Gasteiger partial charge in [-0.3, -0.25) is 19.7 Å². The number of aryl methyl sites for hydroxylation is 1. The summed E-state index contributed by atoms with van der Waals surface area (Å²) in [5.41, 5.74) is -1.24. The monoisotopic (exact) mass is 429 g/mol. The number of anilines is 1. The number of rotatable bonds is 6. The van der Waals surface area contributed by atoms with Gasteiger partial charge in [-0.05, 0) is 37.5 Å². The van der Waals surface area contributed by atoms with Gasteiger partial charge in [0.05, 0.1) is 12.0 Å². The van der Waals surface area contributed by atoms with Crippen LogP contribution in [-0.2, 0) is 4.79 Å². The second kappa shape index (κ2) is 9.11. The molecule has 0 aliphatic heterocycles.